The molecule has 0 spiro atoms. The molecular weight excluding hydrogens is 418 g/mol. The van der Waals surface area contributed by atoms with Crippen molar-refractivity contribution in [2.24, 2.45) is 13.0 Å². The van der Waals surface area contributed by atoms with Gasteiger partial charge < -0.3 is 24.8 Å². The summed E-state index contributed by atoms with van der Waals surface area (Å²) in [5, 5.41) is 6.08. The number of nitrogens with zero attached hydrogens (tertiary/aromatic N) is 3. The number of aromatic nitrogens is 2. The molecule has 0 saturated carbocycles. The van der Waals surface area contributed by atoms with Crippen molar-refractivity contribution in [2.45, 2.75) is 18.9 Å². The highest BCUT2D eigenvalue weighted by Crippen LogP contribution is 2.25. The highest BCUT2D eigenvalue weighted by atomic mass is 16.5. The smallest absolute Gasteiger partial charge is 0.321 e. The maximum Gasteiger partial charge on any atom is 0.321 e. The van der Waals surface area contributed by atoms with Gasteiger partial charge in [0, 0.05) is 38.2 Å². The largest absolute Gasteiger partial charge is 0.497 e. The number of amides is 3. The van der Waals surface area contributed by atoms with Crippen molar-refractivity contribution in [3.63, 3.8) is 0 Å². The molecule has 1 saturated heterocycles. The molecule has 0 aliphatic carbocycles. The summed E-state index contributed by atoms with van der Waals surface area (Å²) in [5.41, 5.74) is 1.65. The van der Waals surface area contributed by atoms with Gasteiger partial charge in [-0.3, -0.25) is 4.79 Å². The van der Waals surface area contributed by atoms with Crippen molar-refractivity contribution in [3.05, 3.63) is 78.4 Å². The molecule has 2 heterocycles. The second-order valence-electron chi connectivity index (χ2n) is 8.19. The summed E-state index contributed by atoms with van der Waals surface area (Å²) >= 11 is 0. The fourth-order valence-electron chi connectivity index (χ4n) is 4.11. The lowest BCUT2D eigenvalue weighted by Crippen LogP contribution is -2.47. The predicted molar refractivity (Wildman–Crippen MR) is 126 cm³/mol. The van der Waals surface area contributed by atoms with Gasteiger partial charge in [-0.05, 0) is 42.7 Å². The second kappa shape index (κ2) is 10.2. The summed E-state index contributed by atoms with van der Waals surface area (Å²) in [4.78, 5) is 32.2. The third-order valence-corrected chi connectivity index (χ3v) is 5.96. The number of hydrogen-bond acceptors (Lipinski definition) is 4. The van der Waals surface area contributed by atoms with E-state index in [2.05, 4.69) is 15.6 Å². The molecule has 172 valence electrons. The van der Waals surface area contributed by atoms with Crippen LogP contribution in [0.3, 0.4) is 0 Å². The van der Waals surface area contributed by atoms with Crippen molar-refractivity contribution >= 4 is 17.6 Å². The Hall–Kier alpha value is -3.81. The minimum atomic E-state index is -0.406. The van der Waals surface area contributed by atoms with Crippen LogP contribution in [0, 0.1) is 5.92 Å². The third kappa shape index (κ3) is 5.34. The Balaban J connectivity index is 1.46. The first-order valence-corrected chi connectivity index (χ1v) is 11.1. The predicted octanol–water partition coefficient (Wildman–Crippen LogP) is 3.58. The average Bonchev–Trinajstić information content (AvgIpc) is 3.28. The summed E-state index contributed by atoms with van der Waals surface area (Å²) in [6, 6.07) is 16.3. The van der Waals surface area contributed by atoms with Crippen LogP contribution in [-0.2, 0) is 11.8 Å². The van der Waals surface area contributed by atoms with E-state index in [0.717, 1.165) is 35.7 Å². The Morgan fingerprint density at radius 1 is 1.12 bits per heavy atom. The zero-order valence-corrected chi connectivity index (χ0v) is 18.9. The third-order valence-electron chi connectivity index (χ3n) is 5.96. The Bertz CT molecular complexity index is 1080. The number of ether oxygens (including phenoxy) is 1. The molecule has 0 unspecified atom stereocenters. The maximum atomic E-state index is 13.3. The maximum absolute atomic E-state index is 13.3. The molecule has 33 heavy (non-hydrogen) atoms. The SMILES string of the molecule is COc1ccc([C@@H](NC(=O)[C@H]2CCCN(C(=O)Nc3ccccc3)C2)c2nccn2C)cc1. The van der Waals surface area contributed by atoms with Gasteiger partial charge in [-0.2, -0.15) is 0 Å². The number of carbonyl (C=O) groups excluding carboxylic acids is 2. The van der Waals surface area contributed by atoms with Gasteiger partial charge in [-0.1, -0.05) is 30.3 Å². The molecule has 0 bridgehead atoms. The van der Waals surface area contributed by atoms with Crippen molar-refractivity contribution < 1.29 is 14.3 Å². The van der Waals surface area contributed by atoms with Crippen molar-refractivity contribution in [1.82, 2.24) is 19.8 Å². The van der Waals surface area contributed by atoms with Crippen LogP contribution < -0.4 is 15.4 Å². The van der Waals surface area contributed by atoms with Crippen LogP contribution in [0.15, 0.2) is 67.0 Å². The quantitative estimate of drug-likeness (QED) is 0.605. The second-order valence-corrected chi connectivity index (χ2v) is 8.19. The van der Waals surface area contributed by atoms with Crippen LogP contribution in [0.2, 0.25) is 0 Å². The van der Waals surface area contributed by atoms with E-state index in [1.54, 1.807) is 18.2 Å². The van der Waals surface area contributed by atoms with E-state index >= 15 is 0 Å². The average molecular weight is 448 g/mol. The van der Waals surface area contributed by atoms with Gasteiger partial charge in [0.05, 0.1) is 13.0 Å². The number of urea groups is 1. The van der Waals surface area contributed by atoms with E-state index in [0.29, 0.717) is 13.1 Å². The van der Waals surface area contributed by atoms with Crippen LogP contribution in [0.4, 0.5) is 10.5 Å². The zero-order chi connectivity index (χ0) is 23.2. The first-order valence-electron chi connectivity index (χ1n) is 11.1. The summed E-state index contributed by atoms with van der Waals surface area (Å²) in [5.74, 6) is 1.11. The number of carbonyl (C=O) groups is 2. The molecule has 2 N–H and O–H groups in total. The van der Waals surface area contributed by atoms with Crippen LogP contribution in [0.5, 0.6) is 5.75 Å². The Kier molecular flexibility index (Phi) is 6.92. The molecule has 8 nitrogen and oxygen atoms in total. The number of nitrogens with one attached hydrogen (secondary N) is 2. The van der Waals surface area contributed by atoms with Gasteiger partial charge in [0.1, 0.15) is 17.6 Å². The fourth-order valence-corrected chi connectivity index (χ4v) is 4.11. The van der Waals surface area contributed by atoms with Crippen LogP contribution in [0.25, 0.3) is 0 Å². The Morgan fingerprint density at radius 2 is 1.88 bits per heavy atom. The normalized spacial score (nSPS) is 16.7. The monoisotopic (exact) mass is 447 g/mol. The topological polar surface area (TPSA) is 88.5 Å². The van der Waals surface area contributed by atoms with Crippen LogP contribution in [0.1, 0.15) is 30.3 Å². The van der Waals surface area contributed by atoms with Crippen LogP contribution >= 0.6 is 0 Å². The van der Waals surface area contributed by atoms with Gasteiger partial charge in [-0.25, -0.2) is 9.78 Å². The molecule has 0 radical (unpaired) electrons. The van der Waals surface area contributed by atoms with Gasteiger partial charge >= 0.3 is 6.03 Å². The first kappa shape index (κ1) is 22.4. The number of likely N-dealkylation sites (tertiary alicyclic amines) is 1. The number of piperidine rings is 1. The highest BCUT2D eigenvalue weighted by molar-refractivity contribution is 5.90. The van der Waals surface area contributed by atoms with E-state index in [9.17, 15) is 9.59 Å². The van der Waals surface area contributed by atoms with Gasteiger partial charge in [0.25, 0.3) is 0 Å². The number of methoxy groups -OCH3 is 1. The van der Waals surface area contributed by atoms with Gasteiger partial charge in [-0.15, -0.1) is 0 Å². The number of hydrogen-bond donors (Lipinski definition) is 2. The Morgan fingerprint density at radius 3 is 2.55 bits per heavy atom. The number of anilines is 1. The molecule has 2 atom stereocenters. The number of benzene rings is 2. The minimum absolute atomic E-state index is 0.0870. The lowest BCUT2D eigenvalue weighted by Gasteiger charge is -2.33. The molecule has 8 heteroatoms. The minimum Gasteiger partial charge on any atom is -0.497 e. The number of para-hydroxylation sites is 1. The van der Waals surface area contributed by atoms with Crippen molar-refractivity contribution in [3.8, 4) is 5.75 Å². The molecular formula is C25H29N5O3. The van der Waals surface area contributed by atoms with Crippen LogP contribution in [-0.4, -0.2) is 46.6 Å². The standard InChI is InChI=1S/C25H29N5O3/c1-29-16-14-26-23(29)22(18-10-12-21(33-2)13-11-18)28-24(31)19-7-6-15-30(17-19)25(32)27-20-8-4-3-5-9-20/h3-5,8-14,16,19,22H,6-7,15,17H2,1-2H3,(H,27,32)(H,28,31)/t19-,22+/m0/s1. The van der Waals surface area contributed by atoms with E-state index in [-0.39, 0.29) is 17.9 Å². The number of aryl methyl sites for hydroxylation is 1. The summed E-state index contributed by atoms with van der Waals surface area (Å²) in [6.45, 7) is 1.00. The highest BCUT2D eigenvalue weighted by Gasteiger charge is 2.31. The summed E-state index contributed by atoms with van der Waals surface area (Å²) in [6.07, 6.45) is 5.08. The molecule has 1 aromatic heterocycles. The molecule has 3 aromatic rings. The molecule has 2 aromatic carbocycles. The zero-order valence-electron chi connectivity index (χ0n) is 18.9. The van der Waals surface area contributed by atoms with E-state index in [1.807, 2.05) is 72.4 Å². The van der Waals surface area contributed by atoms with Gasteiger partial charge in [0.2, 0.25) is 5.91 Å². The fraction of sp³-hybridized carbons (Fsp3) is 0.320. The Labute approximate surface area is 193 Å². The molecule has 1 fully saturated rings. The van der Waals surface area contributed by atoms with Crippen molar-refractivity contribution in [1.29, 1.82) is 0 Å². The van der Waals surface area contributed by atoms with Gasteiger partial charge in [0.15, 0.2) is 0 Å². The molecule has 3 amide bonds. The number of imidazole rings is 1. The first-order chi connectivity index (χ1) is 16.0. The summed E-state index contributed by atoms with van der Waals surface area (Å²) in [7, 11) is 3.52. The number of rotatable bonds is 6. The summed E-state index contributed by atoms with van der Waals surface area (Å²) < 4.78 is 7.16. The lowest BCUT2D eigenvalue weighted by molar-refractivity contribution is -0.126. The van der Waals surface area contributed by atoms with Crippen molar-refractivity contribution in [2.75, 3.05) is 25.5 Å². The molecule has 4 rings (SSSR count). The van der Waals surface area contributed by atoms with E-state index < -0.39 is 6.04 Å². The molecule has 1 aliphatic rings. The van der Waals surface area contributed by atoms with E-state index in [4.69, 9.17) is 4.74 Å². The van der Waals surface area contributed by atoms with E-state index in [1.165, 1.54) is 0 Å². The molecule has 1 aliphatic heterocycles. The lowest BCUT2D eigenvalue weighted by atomic mass is 9.96.